The summed E-state index contributed by atoms with van der Waals surface area (Å²) in [5.74, 6) is 1.79. The summed E-state index contributed by atoms with van der Waals surface area (Å²) < 4.78 is 10.4. The molecule has 32 heavy (non-hydrogen) atoms. The molecule has 0 aromatic heterocycles. The lowest BCUT2D eigenvalue weighted by Crippen LogP contribution is -2.05. The topological polar surface area (TPSA) is 42.5 Å². The SMILES string of the molecule is COc1ccc(CCNc2ccc3ccc(NCCc4ccc(OC)cc4)cc3c2)cc1. The van der Waals surface area contributed by atoms with Gasteiger partial charge in [-0.3, -0.25) is 0 Å². The van der Waals surface area contributed by atoms with Crippen LogP contribution in [0, 0.1) is 0 Å². The molecule has 0 aliphatic heterocycles. The summed E-state index contributed by atoms with van der Waals surface area (Å²) in [4.78, 5) is 0. The fraction of sp³-hybridized carbons (Fsp3) is 0.214. The monoisotopic (exact) mass is 426 g/mol. The highest BCUT2D eigenvalue weighted by Crippen LogP contribution is 2.23. The molecular formula is C28H30N2O2. The predicted octanol–water partition coefficient (Wildman–Crippen LogP) is 6.17. The van der Waals surface area contributed by atoms with E-state index in [2.05, 4.69) is 71.3 Å². The molecule has 0 atom stereocenters. The van der Waals surface area contributed by atoms with Gasteiger partial charge < -0.3 is 20.1 Å². The molecule has 0 unspecified atom stereocenters. The Hall–Kier alpha value is -3.66. The van der Waals surface area contributed by atoms with Crippen LogP contribution in [0.15, 0.2) is 84.9 Å². The fourth-order valence-electron chi connectivity index (χ4n) is 3.75. The molecule has 4 rings (SSSR count). The van der Waals surface area contributed by atoms with E-state index < -0.39 is 0 Å². The molecule has 0 saturated heterocycles. The highest BCUT2D eigenvalue weighted by molar-refractivity contribution is 5.88. The minimum absolute atomic E-state index is 0.887. The van der Waals surface area contributed by atoms with E-state index in [0.29, 0.717) is 0 Å². The molecule has 0 amide bonds. The first kappa shape index (κ1) is 21.6. The number of benzene rings is 4. The minimum atomic E-state index is 0.887. The summed E-state index contributed by atoms with van der Waals surface area (Å²) in [6.45, 7) is 1.77. The smallest absolute Gasteiger partial charge is 0.118 e. The number of hydrogen-bond acceptors (Lipinski definition) is 4. The molecule has 0 radical (unpaired) electrons. The Morgan fingerprint density at radius 2 is 0.969 bits per heavy atom. The van der Waals surface area contributed by atoms with E-state index in [4.69, 9.17) is 9.47 Å². The first-order valence-electron chi connectivity index (χ1n) is 11.0. The van der Waals surface area contributed by atoms with Crippen LogP contribution in [0.5, 0.6) is 11.5 Å². The molecule has 164 valence electrons. The number of fused-ring (bicyclic) bond motifs is 1. The highest BCUT2D eigenvalue weighted by Gasteiger charge is 2.01. The third-order valence-corrected chi connectivity index (χ3v) is 5.64. The van der Waals surface area contributed by atoms with Gasteiger partial charge in [-0.25, -0.2) is 0 Å². The second-order valence-electron chi connectivity index (χ2n) is 7.83. The van der Waals surface area contributed by atoms with Crippen LogP contribution < -0.4 is 20.1 Å². The lowest BCUT2D eigenvalue weighted by Gasteiger charge is -2.11. The van der Waals surface area contributed by atoms with Gasteiger partial charge >= 0.3 is 0 Å². The van der Waals surface area contributed by atoms with Crippen molar-refractivity contribution in [2.24, 2.45) is 0 Å². The summed E-state index contributed by atoms with van der Waals surface area (Å²) in [5, 5.41) is 9.56. The van der Waals surface area contributed by atoms with Crippen molar-refractivity contribution in [3.8, 4) is 11.5 Å². The van der Waals surface area contributed by atoms with Crippen LogP contribution in [-0.2, 0) is 12.8 Å². The molecule has 0 heterocycles. The zero-order chi connectivity index (χ0) is 22.2. The van der Waals surface area contributed by atoms with Gasteiger partial charge in [0.2, 0.25) is 0 Å². The van der Waals surface area contributed by atoms with E-state index in [1.165, 1.54) is 21.9 Å². The molecule has 4 aromatic carbocycles. The normalized spacial score (nSPS) is 10.7. The van der Waals surface area contributed by atoms with E-state index in [-0.39, 0.29) is 0 Å². The maximum Gasteiger partial charge on any atom is 0.118 e. The Balaban J connectivity index is 1.32. The van der Waals surface area contributed by atoms with Gasteiger partial charge in [0.25, 0.3) is 0 Å². The number of anilines is 2. The summed E-state index contributed by atoms with van der Waals surface area (Å²) in [6.07, 6.45) is 1.93. The summed E-state index contributed by atoms with van der Waals surface area (Å²) >= 11 is 0. The number of rotatable bonds is 10. The number of nitrogens with one attached hydrogen (secondary N) is 2. The van der Waals surface area contributed by atoms with Gasteiger partial charge in [0.15, 0.2) is 0 Å². The molecule has 4 heteroatoms. The van der Waals surface area contributed by atoms with Gasteiger partial charge in [-0.1, -0.05) is 36.4 Å². The van der Waals surface area contributed by atoms with Crippen molar-refractivity contribution in [3.63, 3.8) is 0 Å². The molecule has 0 aliphatic carbocycles. The molecule has 0 spiro atoms. The lowest BCUT2D eigenvalue weighted by atomic mass is 10.1. The number of ether oxygens (including phenoxy) is 2. The van der Waals surface area contributed by atoms with Crippen molar-refractivity contribution >= 4 is 22.1 Å². The first-order chi connectivity index (χ1) is 15.7. The van der Waals surface area contributed by atoms with E-state index in [1.54, 1.807) is 14.2 Å². The Morgan fingerprint density at radius 1 is 0.531 bits per heavy atom. The van der Waals surface area contributed by atoms with Gasteiger partial charge in [0, 0.05) is 24.5 Å². The zero-order valence-electron chi connectivity index (χ0n) is 18.7. The molecular weight excluding hydrogens is 396 g/mol. The highest BCUT2D eigenvalue weighted by atomic mass is 16.5. The Labute approximate surface area is 190 Å². The summed E-state index contributed by atoms with van der Waals surface area (Å²) in [7, 11) is 3.39. The van der Waals surface area contributed by atoms with Crippen molar-refractivity contribution in [2.75, 3.05) is 37.9 Å². The van der Waals surface area contributed by atoms with E-state index in [1.807, 2.05) is 24.3 Å². The van der Waals surface area contributed by atoms with Crippen LogP contribution >= 0.6 is 0 Å². The summed E-state index contributed by atoms with van der Waals surface area (Å²) in [5.41, 5.74) is 4.87. The van der Waals surface area contributed by atoms with Crippen LogP contribution in [0.4, 0.5) is 11.4 Å². The van der Waals surface area contributed by atoms with E-state index >= 15 is 0 Å². The number of hydrogen-bond donors (Lipinski definition) is 2. The fourth-order valence-corrected chi connectivity index (χ4v) is 3.75. The van der Waals surface area contributed by atoms with Gasteiger partial charge in [0.05, 0.1) is 14.2 Å². The first-order valence-corrected chi connectivity index (χ1v) is 11.0. The largest absolute Gasteiger partial charge is 0.497 e. The van der Waals surface area contributed by atoms with Crippen molar-refractivity contribution in [1.29, 1.82) is 0 Å². The quantitative estimate of drug-likeness (QED) is 0.318. The molecule has 4 nitrogen and oxygen atoms in total. The maximum atomic E-state index is 5.22. The van der Waals surface area contributed by atoms with Crippen molar-refractivity contribution in [2.45, 2.75) is 12.8 Å². The molecule has 0 fully saturated rings. The zero-order valence-corrected chi connectivity index (χ0v) is 18.7. The second-order valence-corrected chi connectivity index (χ2v) is 7.83. The van der Waals surface area contributed by atoms with Gasteiger partial charge in [-0.05, 0) is 83.3 Å². The second kappa shape index (κ2) is 10.6. The van der Waals surface area contributed by atoms with Crippen LogP contribution in [0.1, 0.15) is 11.1 Å². The number of methoxy groups -OCH3 is 2. The molecule has 0 saturated carbocycles. The predicted molar refractivity (Wildman–Crippen MR) is 134 cm³/mol. The lowest BCUT2D eigenvalue weighted by molar-refractivity contribution is 0.414. The van der Waals surface area contributed by atoms with Crippen LogP contribution in [-0.4, -0.2) is 27.3 Å². The van der Waals surface area contributed by atoms with Crippen molar-refractivity contribution < 1.29 is 9.47 Å². The average Bonchev–Trinajstić information content (AvgIpc) is 2.85. The van der Waals surface area contributed by atoms with E-state index in [0.717, 1.165) is 48.8 Å². The third kappa shape index (κ3) is 5.73. The van der Waals surface area contributed by atoms with Gasteiger partial charge in [-0.2, -0.15) is 0 Å². The average molecular weight is 427 g/mol. The van der Waals surface area contributed by atoms with Gasteiger partial charge in [-0.15, -0.1) is 0 Å². The van der Waals surface area contributed by atoms with Gasteiger partial charge in [0.1, 0.15) is 11.5 Å². The third-order valence-electron chi connectivity index (χ3n) is 5.64. The Kier molecular flexibility index (Phi) is 7.13. The van der Waals surface area contributed by atoms with Crippen LogP contribution in [0.25, 0.3) is 10.8 Å². The Bertz CT molecular complexity index is 1050. The molecule has 2 N–H and O–H groups in total. The van der Waals surface area contributed by atoms with Crippen LogP contribution in [0.3, 0.4) is 0 Å². The van der Waals surface area contributed by atoms with Crippen molar-refractivity contribution in [1.82, 2.24) is 0 Å². The molecule has 4 aromatic rings. The maximum absolute atomic E-state index is 5.22. The van der Waals surface area contributed by atoms with Crippen molar-refractivity contribution in [3.05, 3.63) is 96.1 Å². The Morgan fingerprint density at radius 3 is 1.38 bits per heavy atom. The standard InChI is InChI=1S/C28H30N2O2/c1-31-27-11-3-21(4-12-27)15-17-29-25-9-7-23-8-10-26(20-24(23)19-25)30-18-16-22-5-13-28(32-2)14-6-22/h3-14,19-20,29-30H,15-18H2,1-2H3. The van der Waals surface area contributed by atoms with Crippen LogP contribution in [0.2, 0.25) is 0 Å². The molecule has 0 aliphatic rings. The van der Waals surface area contributed by atoms with E-state index in [9.17, 15) is 0 Å². The minimum Gasteiger partial charge on any atom is -0.497 e. The molecule has 0 bridgehead atoms. The summed E-state index contributed by atoms with van der Waals surface area (Å²) in [6, 6.07) is 29.6.